The van der Waals surface area contributed by atoms with Gasteiger partial charge in [0, 0.05) is 10.9 Å². The summed E-state index contributed by atoms with van der Waals surface area (Å²) >= 11 is 5.78. The molecule has 0 aliphatic rings. The van der Waals surface area contributed by atoms with Gasteiger partial charge in [-0.25, -0.2) is 13.8 Å². The predicted molar refractivity (Wildman–Crippen MR) is 56.2 cm³/mol. The molecule has 0 N–H and O–H groups in total. The van der Waals surface area contributed by atoms with Crippen LogP contribution in [0.4, 0.5) is 22.0 Å². The van der Waals surface area contributed by atoms with Gasteiger partial charge in [0.1, 0.15) is 4.60 Å². The summed E-state index contributed by atoms with van der Waals surface area (Å²) in [5.74, 6) is -0.995. The molecule has 0 aromatic carbocycles. The highest BCUT2D eigenvalue weighted by molar-refractivity contribution is 9.10. The lowest BCUT2D eigenvalue weighted by Gasteiger charge is -2.15. The molecule has 1 aromatic heterocycles. The summed E-state index contributed by atoms with van der Waals surface area (Å²) in [6, 6.07) is 0. The fraction of sp³-hybridized carbons (Fsp3) is 0.375. The number of halogens is 7. The molecule has 0 radical (unpaired) electrons. The SMILES string of the molecule is FC(F)c1c(OC(F)(F)F)cnc(Br)c1CBr. The largest absolute Gasteiger partial charge is 0.573 e. The van der Waals surface area contributed by atoms with Gasteiger partial charge in [-0.05, 0) is 15.9 Å². The minimum atomic E-state index is -5.04. The molecule has 1 heterocycles. The van der Waals surface area contributed by atoms with Crippen LogP contribution < -0.4 is 4.74 Å². The van der Waals surface area contributed by atoms with Crippen molar-refractivity contribution in [1.82, 2.24) is 4.98 Å². The maximum Gasteiger partial charge on any atom is 0.573 e. The second-order valence-electron chi connectivity index (χ2n) is 2.79. The second-order valence-corrected chi connectivity index (χ2v) is 4.10. The maximum absolute atomic E-state index is 12.7. The van der Waals surface area contributed by atoms with E-state index >= 15 is 0 Å². The van der Waals surface area contributed by atoms with Crippen molar-refractivity contribution in [3.05, 3.63) is 21.9 Å². The molecular formula is C8H4Br2F5NO. The molecule has 0 aliphatic carbocycles. The number of pyridine rings is 1. The quantitative estimate of drug-likeness (QED) is 0.432. The Morgan fingerprint density at radius 1 is 1.35 bits per heavy atom. The Labute approximate surface area is 109 Å². The van der Waals surface area contributed by atoms with E-state index in [-0.39, 0.29) is 15.5 Å². The standard InChI is InChI=1S/C8H4Br2F5NO/c9-1-3-5(7(11)12)4(2-16-6(3)10)17-8(13,14)15/h2,7H,1H2. The zero-order chi connectivity index (χ0) is 13.2. The maximum atomic E-state index is 12.7. The molecule has 0 saturated carbocycles. The number of hydrogen-bond acceptors (Lipinski definition) is 2. The van der Waals surface area contributed by atoms with Crippen LogP contribution in [0.1, 0.15) is 17.6 Å². The number of alkyl halides is 6. The average Bonchev–Trinajstić information content (AvgIpc) is 2.17. The van der Waals surface area contributed by atoms with Crippen LogP contribution in [-0.4, -0.2) is 11.3 Å². The summed E-state index contributed by atoms with van der Waals surface area (Å²) in [7, 11) is 0. The zero-order valence-corrected chi connectivity index (χ0v) is 11.0. The van der Waals surface area contributed by atoms with Crippen LogP contribution in [0.3, 0.4) is 0 Å². The molecule has 9 heteroatoms. The molecule has 96 valence electrons. The fourth-order valence-electron chi connectivity index (χ4n) is 1.09. The summed E-state index contributed by atoms with van der Waals surface area (Å²) in [4.78, 5) is 3.51. The van der Waals surface area contributed by atoms with Crippen LogP contribution >= 0.6 is 31.9 Å². The molecule has 0 amide bonds. The van der Waals surface area contributed by atoms with Gasteiger partial charge in [0.05, 0.1) is 11.8 Å². The van der Waals surface area contributed by atoms with E-state index < -0.39 is 24.1 Å². The van der Waals surface area contributed by atoms with Gasteiger partial charge in [-0.3, -0.25) is 0 Å². The molecule has 0 fully saturated rings. The highest BCUT2D eigenvalue weighted by Crippen LogP contribution is 2.38. The molecule has 0 bridgehead atoms. The van der Waals surface area contributed by atoms with Crippen LogP contribution in [0, 0.1) is 0 Å². The topological polar surface area (TPSA) is 22.1 Å². The Kier molecular flexibility index (Phi) is 4.70. The molecule has 1 rings (SSSR count). The highest BCUT2D eigenvalue weighted by Gasteiger charge is 2.34. The molecule has 0 aliphatic heterocycles. The Hall–Kier alpha value is -0.440. The lowest BCUT2D eigenvalue weighted by Crippen LogP contribution is -2.19. The van der Waals surface area contributed by atoms with Gasteiger partial charge in [-0.15, -0.1) is 13.2 Å². The Morgan fingerprint density at radius 3 is 2.35 bits per heavy atom. The van der Waals surface area contributed by atoms with Crippen molar-refractivity contribution in [1.29, 1.82) is 0 Å². The summed E-state index contributed by atoms with van der Waals surface area (Å²) < 4.78 is 65.0. The molecule has 1 aromatic rings. The van der Waals surface area contributed by atoms with Gasteiger partial charge >= 0.3 is 6.36 Å². The van der Waals surface area contributed by atoms with Crippen LogP contribution in [0.2, 0.25) is 0 Å². The fourth-order valence-corrected chi connectivity index (χ4v) is 2.49. The zero-order valence-electron chi connectivity index (χ0n) is 7.86. The lowest BCUT2D eigenvalue weighted by atomic mass is 10.1. The summed E-state index contributed by atoms with van der Waals surface area (Å²) in [5.41, 5.74) is -0.914. The number of rotatable bonds is 3. The van der Waals surface area contributed by atoms with Gasteiger partial charge in [0.15, 0.2) is 5.75 Å². The monoisotopic (exact) mass is 383 g/mol. The molecular weight excluding hydrogens is 381 g/mol. The van der Waals surface area contributed by atoms with E-state index in [1.54, 1.807) is 0 Å². The predicted octanol–water partition coefficient (Wildman–Crippen LogP) is 4.58. The van der Waals surface area contributed by atoms with Crippen molar-refractivity contribution in [3.63, 3.8) is 0 Å². The van der Waals surface area contributed by atoms with Gasteiger partial charge in [0.2, 0.25) is 0 Å². The van der Waals surface area contributed by atoms with Crippen LogP contribution in [0.5, 0.6) is 5.75 Å². The third-order valence-electron chi connectivity index (χ3n) is 1.71. The van der Waals surface area contributed by atoms with Crippen molar-refractivity contribution in [3.8, 4) is 5.75 Å². The number of hydrogen-bond donors (Lipinski definition) is 0. The van der Waals surface area contributed by atoms with Crippen molar-refractivity contribution < 1.29 is 26.7 Å². The summed E-state index contributed by atoms with van der Waals surface area (Å²) in [6.07, 6.45) is -7.53. The van der Waals surface area contributed by atoms with Crippen LogP contribution in [0.15, 0.2) is 10.8 Å². The van der Waals surface area contributed by atoms with Gasteiger partial charge in [-0.1, -0.05) is 15.9 Å². The Bertz CT molecular complexity index is 410. The van der Waals surface area contributed by atoms with Gasteiger partial charge in [0.25, 0.3) is 6.43 Å². The molecule has 0 saturated heterocycles. The normalized spacial score (nSPS) is 12.0. The molecule has 0 atom stereocenters. The Balaban J connectivity index is 3.30. The minimum absolute atomic E-state index is 0.0409. The third kappa shape index (κ3) is 3.77. The number of ether oxygens (including phenoxy) is 1. The van der Waals surface area contributed by atoms with E-state index in [9.17, 15) is 22.0 Å². The van der Waals surface area contributed by atoms with Crippen molar-refractivity contribution >= 4 is 31.9 Å². The number of nitrogens with zero attached hydrogens (tertiary/aromatic N) is 1. The second kappa shape index (κ2) is 5.47. The highest BCUT2D eigenvalue weighted by atomic mass is 79.9. The van der Waals surface area contributed by atoms with E-state index in [1.165, 1.54) is 0 Å². The molecule has 0 spiro atoms. The van der Waals surface area contributed by atoms with E-state index in [1.807, 2.05) is 0 Å². The summed E-state index contributed by atoms with van der Waals surface area (Å²) in [5, 5.41) is -0.0741. The van der Waals surface area contributed by atoms with Crippen LogP contribution in [-0.2, 0) is 5.33 Å². The molecule has 17 heavy (non-hydrogen) atoms. The lowest BCUT2D eigenvalue weighted by molar-refractivity contribution is -0.275. The van der Waals surface area contributed by atoms with Gasteiger partial charge in [-0.2, -0.15) is 0 Å². The van der Waals surface area contributed by atoms with Crippen LogP contribution in [0.25, 0.3) is 0 Å². The van der Waals surface area contributed by atoms with Crippen molar-refractivity contribution in [2.45, 2.75) is 18.1 Å². The first-order valence-corrected chi connectivity index (χ1v) is 5.95. The smallest absolute Gasteiger partial charge is 0.404 e. The average molecular weight is 385 g/mol. The van der Waals surface area contributed by atoms with E-state index in [2.05, 4.69) is 41.6 Å². The van der Waals surface area contributed by atoms with Crippen molar-refractivity contribution in [2.24, 2.45) is 0 Å². The Morgan fingerprint density at radius 2 is 1.94 bits per heavy atom. The van der Waals surface area contributed by atoms with Gasteiger partial charge < -0.3 is 4.74 Å². The number of aromatic nitrogens is 1. The van der Waals surface area contributed by atoms with E-state index in [4.69, 9.17) is 0 Å². The van der Waals surface area contributed by atoms with E-state index in [0.29, 0.717) is 6.20 Å². The molecule has 2 nitrogen and oxygen atoms in total. The third-order valence-corrected chi connectivity index (χ3v) is 2.96. The first-order chi connectivity index (χ1) is 7.76. The van der Waals surface area contributed by atoms with Crippen molar-refractivity contribution in [2.75, 3.05) is 0 Å². The molecule has 0 unspecified atom stereocenters. The minimum Gasteiger partial charge on any atom is -0.404 e. The first kappa shape index (κ1) is 14.6. The summed E-state index contributed by atoms with van der Waals surface area (Å²) in [6.45, 7) is 0. The first-order valence-electron chi connectivity index (χ1n) is 4.03. The van der Waals surface area contributed by atoms with E-state index in [0.717, 1.165) is 0 Å².